The van der Waals surface area contributed by atoms with Crippen molar-refractivity contribution >= 4 is 28.4 Å². The molecule has 1 aromatic carbocycles. The number of pyridine rings is 1. The molecule has 0 radical (unpaired) electrons. The summed E-state index contributed by atoms with van der Waals surface area (Å²) in [5, 5.41) is 3.95. The second kappa shape index (κ2) is 5.17. The largest absolute Gasteiger partial charge is 0.361 e. The van der Waals surface area contributed by atoms with Crippen LogP contribution < -0.4 is 5.32 Å². The number of aromatic nitrogens is 2. The van der Waals surface area contributed by atoms with Gasteiger partial charge in [0.1, 0.15) is 6.04 Å². The van der Waals surface area contributed by atoms with Gasteiger partial charge >= 0.3 is 0 Å². The Labute approximate surface area is 143 Å². The fraction of sp³-hybridized carbons (Fsp3) is 0.211. The molecule has 2 N–H and O–H groups in total. The number of anilines is 1. The Morgan fingerprint density at radius 3 is 2.96 bits per heavy atom. The Kier molecular flexibility index (Phi) is 2.94. The van der Waals surface area contributed by atoms with E-state index in [0.717, 1.165) is 28.6 Å². The summed E-state index contributed by atoms with van der Waals surface area (Å²) in [6.45, 7) is 0.609. The normalized spacial score (nSPS) is 19.5. The molecule has 124 valence electrons. The minimum Gasteiger partial charge on any atom is -0.361 e. The van der Waals surface area contributed by atoms with E-state index in [0.29, 0.717) is 24.3 Å². The van der Waals surface area contributed by atoms with Gasteiger partial charge in [-0.05, 0) is 43.2 Å². The summed E-state index contributed by atoms with van der Waals surface area (Å²) >= 11 is 0. The van der Waals surface area contributed by atoms with Gasteiger partial charge in [0.2, 0.25) is 5.91 Å². The fourth-order valence-corrected chi connectivity index (χ4v) is 3.73. The molecule has 0 saturated carbocycles. The molecule has 0 bridgehead atoms. The van der Waals surface area contributed by atoms with Gasteiger partial charge < -0.3 is 15.2 Å². The van der Waals surface area contributed by atoms with E-state index in [1.54, 1.807) is 11.0 Å². The van der Waals surface area contributed by atoms with Gasteiger partial charge in [0.05, 0.1) is 11.4 Å². The van der Waals surface area contributed by atoms with Crippen LogP contribution in [0.3, 0.4) is 0 Å². The summed E-state index contributed by atoms with van der Waals surface area (Å²) in [6.07, 6.45) is 3.46. The third-order valence-corrected chi connectivity index (χ3v) is 5.02. The zero-order valence-corrected chi connectivity index (χ0v) is 13.5. The zero-order valence-electron chi connectivity index (χ0n) is 13.5. The van der Waals surface area contributed by atoms with Crippen LogP contribution in [0.1, 0.15) is 23.3 Å². The van der Waals surface area contributed by atoms with Crippen molar-refractivity contribution in [3.8, 4) is 11.3 Å². The SMILES string of the molecule is O=C1Nc2ccc(-c3ccc4[nH]ccc4c3)nc2C(=O)N2CCC[C@@H]12. The highest BCUT2D eigenvalue weighted by Crippen LogP contribution is 2.30. The molecule has 1 saturated heterocycles. The summed E-state index contributed by atoms with van der Waals surface area (Å²) in [6, 6.07) is 11.3. The van der Waals surface area contributed by atoms with Crippen molar-refractivity contribution in [3.05, 3.63) is 48.3 Å². The van der Waals surface area contributed by atoms with Crippen molar-refractivity contribution < 1.29 is 9.59 Å². The molecule has 6 nitrogen and oxygen atoms in total. The molecule has 3 aromatic rings. The van der Waals surface area contributed by atoms with Gasteiger partial charge in [0, 0.05) is 29.2 Å². The van der Waals surface area contributed by atoms with E-state index in [4.69, 9.17) is 0 Å². The van der Waals surface area contributed by atoms with Crippen LogP contribution in [0.25, 0.3) is 22.2 Å². The number of hydrogen-bond donors (Lipinski definition) is 2. The highest BCUT2D eigenvalue weighted by molar-refractivity contribution is 6.09. The van der Waals surface area contributed by atoms with E-state index < -0.39 is 0 Å². The van der Waals surface area contributed by atoms with Gasteiger partial charge in [-0.25, -0.2) is 4.98 Å². The maximum absolute atomic E-state index is 12.9. The van der Waals surface area contributed by atoms with Crippen LogP contribution in [-0.2, 0) is 4.79 Å². The van der Waals surface area contributed by atoms with Crippen LogP contribution in [0.2, 0.25) is 0 Å². The van der Waals surface area contributed by atoms with Crippen LogP contribution in [0.5, 0.6) is 0 Å². The number of aromatic amines is 1. The molecule has 0 spiro atoms. The molecule has 4 heterocycles. The van der Waals surface area contributed by atoms with E-state index in [-0.39, 0.29) is 17.9 Å². The Balaban J connectivity index is 1.62. The molecule has 2 aromatic heterocycles. The third-order valence-electron chi connectivity index (χ3n) is 5.02. The van der Waals surface area contributed by atoms with Crippen molar-refractivity contribution in [1.82, 2.24) is 14.9 Å². The molecule has 5 rings (SSSR count). The first-order valence-corrected chi connectivity index (χ1v) is 8.41. The topological polar surface area (TPSA) is 78.1 Å². The number of hydrogen-bond acceptors (Lipinski definition) is 3. The first kappa shape index (κ1) is 14.2. The van der Waals surface area contributed by atoms with E-state index in [2.05, 4.69) is 15.3 Å². The number of nitrogens with one attached hydrogen (secondary N) is 2. The minimum absolute atomic E-state index is 0.118. The van der Waals surface area contributed by atoms with Gasteiger partial charge in [0.25, 0.3) is 5.91 Å². The first-order chi connectivity index (χ1) is 12.2. The van der Waals surface area contributed by atoms with Crippen molar-refractivity contribution in [1.29, 1.82) is 0 Å². The van der Waals surface area contributed by atoms with Crippen molar-refractivity contribution in [2.75, 3.05) is 11.9 Å². The maximum atomic E-state index is 12.9. The number of benzene rings is 1. The van der Waals surface area contributed by atoms with Crippen LogP contribution in [0, 0.1) is 0 Å². The highest BCUT2D eigenvalue weighted by atomic mass is 16.2. The number of rotatable bonds is 1. The second-order valence-corrected chi connectivity index (χ2v) is 6.52. The van der Waals surface area contributed by atoms with E-state index in [9.17, 15) is 9.59 Å². The summed E-state index contributed by atoms with van der Waals surface area (Å²) in [7, 11) is 0. The lowest BCUT2D eigenvalue weighted by Gasteiger charge is -2.19. The first-order valence-electron chi connectivity index (χ1n) is 8.41. The van der Waals surface area contributed by atoms with Crippen molar-refractivity contribution in [3.63, 3.8) is 0 Å². The van der Waals surface area contributed by atoms with Crippen LogP contribution in [0.4, 0.5) is 5.69 Å². The number of carbonyl (C=O) groups excluding carboxylic acids is 2. The lowest BCUT2D eigenvalue weighted by atomic mass is 10.1. The molecule has 0 unspecified atom stereocenters. The third kappa shape index (κ3) is 2.14. The lowest BCUT2D eigenvalue weighted by Crippen LogP contribution is -2.40. The van der Waals surface area contributed by atoms with E-state index >= 15 is 0 Å². The van der Waals surface area contributed by atoms with Crippen LogP contribution in [0.15, 0.2) is 42.6 Å². The average Bonchev–Trinajstić information content (AvgIpc) is 3.28. The standard InChI is InChI=1S/C19H16N4O2/c24-18-16-2-1-9-23(16)19(25)17-15(22-18)6-5-14(21-17)11-3-4-13-12(10-11)7-8-20-13/h3-8,10,16,20H,1-2,9H2,(H,22,24)/t16-/m0/s1. The van der Waals surface area contributed by atoms with Crippen molar-refractivity contribution in [2.24, 2.45) is 0 Å². The monoisotopic (exact) mass is 332 g/mol. The molecule has 6 heteroatoms. The predicted octanol–water partition coefficient (Wildman–Crippen LogP) is 2.79. The van der Waals surface area contributed by atoms with Gasteiger partial charge in [-0.1, -0.05) is 6.07 Å². The molecule has 2 aliphatic rings. The van der Waals surface area contributed by atoms with Gasteiger partial charge in [-0.15, -0.1) is 0 Å². The fourth-order valence-electron chi connectivity index (χ4n) is 3.73. The summed E-state index contributed by atoms with van der Waals surface area (Å²) < 4.78 is 0. The molecule has 1 atom stereocenters. The van der Waals surface area contributed by atoms with Crippen molar-refractivity contribution in [2.45, 2.75) is 18.9 Å². The molecule has 0 aliphatic carbocycles. The molecule has 2 amide bonds. The van der Waals surface area contributed by atoms with Gasteiger partial charge in [0.15, 0.2) is 5.69 Å². The Bertz CT molecular complexity index is 1020. The molecule has 25 heavy (non-hydrogen) atoms. The van der Waals surface area contributed by atoms with E-state index in [1.807, 2.05) is 36.5 Å². The number of H-pyrrole nitrogens is 1. The number of amides is 2. The highest BCUT2D eigenvalue weighted by Gasteiger charge is 2.39. The van der Waals surface area contributed by atoms with Gasteiger partial charge in [-0.2, -0.15) is 0 Å². The summed E-state index contributed by atoms with van der Waals surface area (Å²) in [5.74, 6) is -0.284. The molecular weight excluding hydrogens is 316 g/mol. The van der Waals surface area contributed by atoms with Gasteiger partial charge in [-0.3, -0.25) is 9.59 Å². The number of nitrogens with zero attached hydrogens (tertiary/aromatic N) is 2. The van der Waals surface area contributed by atoms with Crippen LogP contribution in [-0.4, -0.2) is 39.3 Å². The summed E-state index contributed by atoms with van der Waals surface area (Å²) in [4.78, 5) is 34.6. The molecule has 1 fully saturated rings. The lowest BCUT2D eigenvalue weighted by molar-refractivity contribution is -0.119. The number of fused-ring (bicyclic) bond motifs is 3. The van der Waals surface area contributed by atoms with E-state index in [1.165, 1.54) is 0 Å². The molecule has 2 aliphatic heterocycles. The Morgan fingerprint density at radius 1 is 1.12 bits per heavy atom. The summed E-state index contributed by atoms with van der Waals surface area (Å²) in [5.41, 5.74) is 3.54. The number of carbonyl (C=O) groups is 2. The zero-order chi connectivity index (χ0) is 17.0. The second-order valence-electron chi connectivity index (χ2n) is 6.52. The smallest absolute Gasteiger partial charge is 0.275 e. The Morgan fingerprint density at radius 2 is 2.04 bits per heavy atom. The quantitative estimate of drug-likeness (QED) is 0.719. The maximum Gasteiger partial charge on any atom is 0.275 e. The Hall–Kier alpha value is -3.15. The van der Waals surface area contributed by atoms with Crippen LogP contribution >= 0.6 is 0 Å². The predicted molar refractivity (Wildman–Crippen MR) is 94.2 cm³/mol. The average molecular weight is 332 g/mol. The minimum atomic E-state index is -0.374. The molecular formula is C19H16N4O2.